The van der Waals surface area contributed by atoms with Crippen molar-refractivity contribution in [2.75, 3.05) is 0 Å². The number of hydrogen-bond acceptors (Lipinski definition) is 3. The molecule has 1 atom stereocenters. The molecule has 0 aliphatic rings. The number of nitrogens with two attached hydrogens (primary N) is 2. The lowest BCUT2D eigenvalue weighted by atomic mass is 10.0. The van der Waals surface area contributed by atoms with Crippen LogP contribution in [0, 0.1) is 5.82 Å². The fourth-order valence-corrected chi connectivity index (χ4v) is 1.09. The van der Waals surface area contributed by atoms with E-state index in [4.69, 9.17) is 16.6 Å². The Hall–Kier alpha value is -1.62. The van der Waals surface area contributed by atoms with Crippen LogP contribution in [0.25, 0.3) is 0 Å². The number of primary amides is 1. The number of halogens is 1. The van der Waals surface area contributed by atoms with Crippen molar-refractivity contribution < 1.29 is 14.3 Å². The average Bonchev–Trinajstić information content (AvgIpc) is 2.08. The van der Waals surface area contributed by atoms with Gasteiger partial charge in [-0.3, -0.25) is 4.79 Å². The van der Waals surface area contributed by atoms with Crippen molar-refractivity contribution in [1.82, 2.24) is 0 Å². The predicted molar refractivity (Wildman–Crippen MR) is 48.8 cm³/mol. The van der Waals surface area contributed by atoms with Crippen LogP contribution in [0.2, 0.25) is 0 Å². The Labute approximate surface area is 80.3 Å². The molecular weight excluding hydrogens is 187 g/mol. The van der Waals surface area contributed by atoms with Gasteiger partial charge >= 0.3 is 0 Å². The second kappa shape index (κ2) is 4.06. The van der Waals surface area contributed by atoms with Gasteiger partial charge in [-0.25, -0.2) is 4.39 Å². The minimum atomic E-state index is -0.762. The second-order valence-corrected chi connectivity index (χ2v) is 2.99. The summed E-state index contributed by atoms with van der Waals surface area (Å²) in [6.45, 7) is 0. The van der Waals surface area contributed by atoms with Crippen molar-refractivity contribution in [2.45, 2.75) is 12.5 Å². The zero-order valence-corrected chi connectivity index (χ0v) is 7.40. The molecule has 5 N–H and O–H groups in total. The lowest BCUT2D eigenvalue weighted by molar-refractivity contribution is -0.118. The van der Waals surface area contributed by atoms with E-state index in [1.807, 2.05) is 0 Å². The Bertz CT molecular complexity index is 355. The van der Waals surface area contributed by atoms with Crippen LogP contribution in [-0.4, -0.2) is 11.0 Å². The van der Waals surface area contributed by atoms with Crippen molar-refractivity contribution in [1.29, 1.82) is 0 Å². The van der Waals surface area contributed by atoms with Gasteiger partial charge in [0, 0.05) is 12.5 Å². The third kappa shape index (κ3) is 2.43. The molecule has 5 heteroatoms. The molecule has 0 fully saturated rings. The molecule has 1 aromatic carbocycles. The number of amides is 1. The van der Waals surface area contributed by atoms with Crippen molar-refractivity contribution >= 4 is 5.91 Å². The first-order valence-corrected chi connectivity index (χ1v) is 4.03. The fraction of sp³-hybridized carbons (Fsp3) is 0.222. The van der Waals surface area contributed by atoms with Crippen LogP contribution in [0.4, 0.5) is 4.39 Å². The summed E-state index contributed by atoms with van der Waals surface area (Å²) in [6.07, 6.45) is -0.0514. The molecule has 1 aromatic rings. The number of phenols is 1. The van der Waals surface area contributed by atoms with Crippen LogP contribution in [0.5, 0.6) is 5.75 Å². The minimum absolute atomic E-state index is 0.0514. The minimum Gasteiger partial charge on any atom is -0.505 e. The molecule has 4 nitrogen and oxygen atoms in total. The van der Waals surface area contributed by atoms with Gasteiger partial charge < -0.3 is 16.6 Å². The van der Waals surface area contributed by atoms with Gasteiger partial charge in [0.1, 0.15) is 0 Å². The Morgan fingerprint density at radius 3 is 2.71 bits per heavy atom. The van der Waals surface area contributed by atoms with Crippen LogP contribution >= 0.6 is 0 Å². The maximum atomic E-state index is 12.9. The smallest absolute Gasteiger partial charge is 0.219 e. The zero-order chi connectivity index (χ0) is 10.7. The third-order valence-corrected chi connectivity index (χ3v) is 1.82. The molecule has 76 valence electrons. The monoisotopic (exact) mass is 198 g/mol. The highest BCUT2D eigenvalue weighted by molar-refractivity contribution is 5.74. The Morgan fingerprint density at radius 2 is 2.21 bits per heavy atom. The van der Waals surface area contributed by atoms with Gasteiger partial charge in [-0.1, -0.05) is 6.07 Å². The summed E-state index contributed by atoms with van der Waals surface area (Å²) in [5.41, 5.74) is 10.9. The largest absolute Gasteiger partial charge is 0.505 e. The highest BCUT2D eigenvalue weighted by Gasteiger charge is 2.11. The lowest BCUT2D eigenvalue weighted by Gasteiger charge is -2.09. The normalized spacial score (nSPS) is 12.4. The topological polar surface area (TPSA) is 89.3 Å². The van der Waals surface area contributed by atoms with Gasteiger partial charge in [0.15, 0.2) is 11.6 Å². The van der Waals surface area contributed by atoms with Gasteiger partial charge in [-0.05, 0) is 17.7 Å². The molecule has 0 aliphatic carbocycles. The van der Waals surface area contributed by atoms with E-state index >= 15 is 0 Å². The van der Waals surface area contributed by atoms with Crippen LogP contribution in [0.15, 0.2) is 18.2 Å². The lowest BCUT2D eigenvalue weighted by Crippen LogP contribution is -2.20. The molecule has 1 rings (SSSR count). The maximum absolute atomic E-state index is 12.9. The van der Waals surface area contributed by atoms with E-state index in [-0.39, 0.29) is 6.42 Å². The van der Waals surface area contributed by atoms with Crippen molar-refractivity contribution in [2.24, 2.45) is 11.5 Å². The third-order valence-electron chi connectivity index (χ3n) is 1.82. The SMILES string of the molecule is NC(=O)CC(N)c1ccc(O)c(F)c1. The molecule has 0 aromatic heterocycles. The molecule has 0 heterocycles. The van der Waals surface area contributed by atoms with E-state index in [2.05, 4.69) is 0 Å². The average molecular weight is 198 g/mol. The molecule has 0 saturated heterocycles. The quantitative estimate of drug-likeness (QED) is 0.657. The highest BCUT2D eigenvalue weighted by Crippen LogP contribution is 2.20. The van der Waals surface area contributed by atoms with E-state index in [1.165, 1.54) is 12.1 Å². The van der Waals surface area contributed by atoms with Gasteiger partial charge in [-0.2, -0.15) is 0 Å². The molecule has 14 heavy (non-hydrogen) atoms. The summed E-state index contributed by atoms with van der Waals surface area (Å²) in [5, 5.41) is 8.90. The number of carbonyl (C=O) groups excluding carboxylic acids is 1. The number of carbonyl (C=O) groups is 1. The first kappa shape index (κ1) is 10.5. The summed E-state index contributed by atoms with van der Waals surface area (Å²) in [5.74, 6) is -1.76. The summed E-state index contributed by atoms with van der Waals surface area (Å²) >= 11 is 0. The predicted octanol–water partition coefficient (Wildman–Crippen LogP) is 0.407. The van der Waals surface area contributed by atoms with E-state index < -0.39 is 23.5 Å². The Morgan fingerprint density at radius 1 is 1.57 bits per heavy atom. The fourth-order valence-electron chi connectivity index (χ4n) is 1.09. The highest BCUT2D eigenvalue weighted by atomic mass is 19.1. The van der Waals surface area contributed by atoms with Crippen LogP contribution in [-0.2, 0) is 4.79 Å². The summed E-state index contributed by atoms with van der Waals surface area (Å²) in [7, 11) is 0. The number of hydrogen-bond donors (Lipinski definition) is 3. The van der Waals surface area contributed by atoms with E-state index in [0.29, 0.717) is 5.56 Å². The number of phenolic OH excluding ortho intramolecular Hbond substituents is 1. The van der Waals surface area contributed by atoms with Crippen molar-refractivity contribution in [3.8, 4) is 5.75 Å². The van der Waals surface area contributed by atoms with Gasteiger partial charge in [-0.15, -0.1) is 0 Å². The summed E-state index contributed by atoms with van der Waals surface area (Å²) in [6, 6.07) is 3.09. The Kier molecular flexibility index (Phi) is 3.03. The molecule has 1 unspecified atom stereocenters. The molecule has 0 radical (unpaired) electrons. The molecule has 1 amide bonds. The van der Waals surface area contributed by atoms with Crippen molar-refractivity contribution in [3.05, 3.63) is 29.6 Å². The van der Waals surface area contributed by atoms with Gasteiger partial charge in [0.2, 0.25) is 5.91 Å². The van der Waals surface area contributed by atoms with Gasteiger partial charge in [0.25, 0.3) is 0 Å². The Balaban J connectivity index is 2.85. The van der Waals surface area contributed by atoms with Crippen LogP contribution < -0.4 is 11.5 Å². The van der Waals surface area contributed by atoms with E-state index in [0.717, 1.165) is 6.07 Å². The molecule has 0 spiro atoms. The number of rotatable bonds is 3. The van der Waals surface area contributed by atoms with E-state index in [1.54, 1.807) is 0 Å². The van der Waals surface area contributed by atoms with Crippen LogP contribution in [0.1, 0.15) is 18.0 Å². The second-order valence-electron chi connectivity index (χ2n) is 2.99. The zero-order valence-electron chi connectivity index (χ0n) is 7.40. The number of benzene rings is 1. The maximum Gasteiger partial charge on any atom is 0.219 e. The first-order chi connectivity index (χ1) is 6.50. The molecule has 0 saturated carbocycles. The summed E-state index contributed by atoms with van der Waals surface area (Å²) in [4.78, 5) is 10.5. The standard InChI is InChI=1S/C9H11FN2O2/c10-6-3-5(1-2-8(6)13)7(11)4-9(12)14/h1-3,7,13H,4,11H2,(H2,12,14). The first-order valence-electron chi connectivity index (χ1n) is 4.03. The molecule has 0 bridgehead atoms. The molecule has 0 aliphatic heterocycles. The van der Waals surface area contributed by atoms with E-state index in [9.17, 15) is 9.18 Å². The van der Waals surface area contributed by atoms with Gasteiger partial charge in [0.05, 0.1) is 0 Å². The number of aromatic hydroxyl groups is 1. The molecular formula is C9H11FN2O2. The van der Waals surface area contributed by atoms with Crippen LogP contribution in [0.3, 0.4) is 0 Å². The van der Waals surface area contributed by atoms with Crippen molar-refractivity contribution in [3.63, 3.8) is 0 Å². The summed E-state index contributed by atoms with van der Waals surface area (Å²) < 4.78 is 12.9.